The van der Waals surface area contributed by atoms with Crippen LogP contribution in [0.15, 0.2) is 0 Å². The molecule has 0 aromatic rings. The molecule has 6 rings (SSSR count). The fraction of sp³-hybridized carbons (Fsp3) is 1.00. The van der Waals surface area contributed by atoms with Crippen LogP contribution in [0.1, 0.15) is 70.6 Å². The Morgan fingerprint density at radius 2 is 1.69 bits per heavy atom. The van der Waals surface area contributed by atoms with Gasteiger partial charge in [0.1, 0.15) is 0 Å². The largest absolute Gasteiger partial charge is 0.378 e. The van der Waals surface area contributed by atoms with Crippen molar-refractivity contribution in [1.29, 1.82) is 0 Å². The van der Waals surface area contributed by atoms with Crippen molar-refractivity contribution in [2.75, 3.05) is 46.2 Å². The van der Waals surface area contributed by atoms with Crippen molar-refractivity contribution in [3.63, 3.8) is 0 Å². The molecule has 4 saturated heterocycles. The van der Waals surface area contributed by atoms with Crippen LogP contribution >= 0.6 is 0 Å². The van der Waals surface area contributed by atoms with E-state index in [9.17, 15) is 0 Å². The average Bonchev–Trinajstić information content (AvgIpc) is 2.77. The lowest BCUT2D eigenvalue weighted by molar-refractivity contribution is -0.122. The zero-order valence-electron chi connectivity index (χ0n) is 18.3. The van der Waals surface area contributed by atoms with Crippen LogP contribution in [0.4, 0.5) is 0 Å². The Kier molecular flexibility index (Phi) is 6.79. The van der Waals surface area contributed by atoms with E-state index >= 15 is 0 Å². The lowest BCUT2D eigenvalue weighted by Crippen LogP contribution is -2.70. The predicted molar refractivity (Wildman–Crippen MR) is 114 cm³/mol. The first-order chi connectivity index (χ1) is 14.3. The molecular formula is C24H42N2O3. The molecule has 5 heteroatoms. The van der Waals surface area contributed by atoms with Gasteiger partial charge in [0.2, 0.25) is 0 Å². The van der Waals surface area contributed by atoms with Crippen molar-refractivity contribution in [1.82, 2.24) is 10.2 Å². The van der Waals surface area contributed by atoms with Gasteiger partial charge in [0.05, 0.1) is 44.2 Å². The van der Waals surface area contributed by atoms with E-state index in [0.717, 1.165) is 64.0 Å². The summed E-state index contributed by atoms with van der Waals surface area (Å²) in [5.74, 6) is 2.78. The van der Waals surface area contributed by atoms with Gasteiger partial charge < -0.3 is 19.5 Å². The predicted octanol–water partition coefficient (Wildman–Crippen LogP) is 3.57. The molecule has 29 heavy (non-hydrogen) atoms. The summed E-state index contributed by atoms with van der Waals surface area (Å²) in [4.78, 5) is 2.56. The van der Waals surface area contributed by atoms with Crippen LogP contribution < -0.4 is 5.32 Å². The summed E-state index contributed by atoms with van der Waals surface area (Å²) in [5, 5.41) is 3.85. The van der Waals surface area contributed by atoms with Gasteiger partial charge in [-0.2, -0.15) is 0 Å². The van der Waals surface area contributed by atoms with Crippen LogP contribution in [0, 0.1) is 17.8 Å². The molecule has 1 spiro atoms. The van der Waals surface area contributed by atoms with Crippen molar-refractivity contribution in [2.45, 2.75) is 88.3 Å². The zero-order chi connectivity index (χ0) is 19.5. The number of hydrogen-bond donors (Lipinski definition) is 1. The zero-order valence-corrected chi connectivity index (χ0v) is 18.3. The van der Waals surface area contributed by atoms with Crippen LogP contribution in [0.5, 0.6) is 0 Å². The molecule has 4 atom stereocenters. The normalized spacial score (nSPS) is 45.3. The van der Waals surface area contributed by atoms with Crippen molar-refractivity contribution in [3.05, 3.63) is 0 Å². The number of ether oxygens (including phenoxy) is 3. The Labute approximate surface area is 177 Å². The second-order valence-electron chi connectivity index (χ2n) is 10.5. The fourth-order valence-electron chi connectivity index (χ4n) is 7.28. The maximum absolute atomic E-state index is 6.61. The molecule has 0 amide bonds. The molecule has 2 saturated carbocycles. The number of morpholine rings is 1. The SMILES string of the molecule is C1CCC2C(C1)CCOCN1CCC[C@@]3(COCCN3)[C@@H]1COC1CCC2CC1. The van der Waals surface area contributed by atoms with Gasteiger partial charge in [-0.3, -0.25) is 4.90 Å². The van der Waals surface area contributed by atoms with E-state index in [0.29, 0.717) is 12.1 Å². The first-order valence-electron chi connectivity index (χ1n) is 12.6. The summed E-state index contributed by atoms with van der Waals surface area (Å²) in [6.07, 6.45) is 15.2. The quantitative estimate of drug-likeness (QED) is 0.666. The van der Waals surface area contributed by atoms with Crippen LogP contribution in [0.3, 0.4) is 0 Å². The number of nitrogens with one attached hydrogen (secondary N) is 1. The Morgan fingerprint density at radius 3 is 2.55 bits per heavy atom. The number of piperidine rings is 1. The minimum Gasteiger partial charge on any atom is -0.378 e. The van der Waals surface area contributed by atoms with Crippen molar-refractivity contribution in [2.24, 2.45) is 17.8 Å². The minimum atomic E-state index is 0.0442. The Balaban J connectivity index is 1.31. The fourth-order valence-corrected chi connectivity index (χ4v) is 7.28. The molecule has 5 nitrogen and oxygen atoms in total. The highest BCUT2D eigenvalue weighted by atomic mass is 16.5. The van der Waals surface area contributed by atoms with E-state index in [4.69, 9.17) is 14.2 Å². The Morgan fingerprint density at radius 1 is 0.828 bits per heavy atom. The molecule has 2 unspecified atom stereocenters. The monoisotopic (exact) mass is 406 g/mol. The standard InChI is InChI=1S/C24H42N2O3/c1-2-5-22-19(4-1)10-14-28-18-26-13-3-11-24(17-27-15-12-25-24)23(26)16-29-21-8-6-20(22)7-9-21/h19-23,25H,1-18H2/t19?,20?,21?,22?,23-,24+/m0/s1. The van der Waals surface area contributed by atoms with Gasteiger partial charge in [0.25, 0.3) is 0 Å². The second-order valence-corrected chi connectivity index (χ2v) is 10.5. The molecule has 0 radical (unpaired) electrons. The maximum Gasteiger partial charge on any atom is 0.0994 e. The summed E-state index contributed by atoms with van der Waals surface area (Å²) in [7, 11) is 0. The summed E-state index contributed by atoms with van der Waals surface area (Å²) in [5.41, 5.74) is 0.0442. The van der Waals surface area contributed by atoms with E-state index in [1.165, 1.54) is 70.6 Å². The van der Waals surface area contributed by atoms with Crippen LogP contribution in [0.2, 0.25) is 0 Å². The average molecular weight is 407 g/mol. The number of fused-ring (bicyclic) bond motifs is 6. The van der Waals surface area contributed by atoms with E-state index in [2.05, 4.69) is 10.2 Å². The molecule has 0 aromatic heterocycles. The number of hydrogen-bond acceptors (Lipinski definition) is 5. The summed E-state index contributed by atoms with van der Waals surface area (Å²) in [6, 6.07) is 0.361. The molecule has 2 bridgehead atoms. The van der Waals surface area contributed by atoms with Crippen LogP contribution in [-0.4, -0.2) is 68.8 Å². The first-order valence-corrected chi connectivity index (χ1v) is 12.6. The minimum absolute atomic E-state index is 0.0442. The Hall–Kier alpha value is -0.200. The summed E-state index contributed by atoms with van der Waals surface area (Å²) in [6.45, 7) is 6.23. The summed E-state index contributed by atoms with van der Waals surface area (Å²) >= 11 is 0. The topological polar surface area (TPSA) is 43.0 Å². The van der Waals surface area contributed by atoms with Gasteiger partial charge in [0, 0.05) is 19.7 Å². The van der Waals surface area contributed by atoms with Crippen molar-refractivity contribution in [3.8, 4) is 0 Å². The van der Waals surface area contributed by atoms with Gasteiger partial charge in [-0.25, -0.2) is 0 Å². The molecule has 1 N–H and O–H groups in total. The molecular weight excluding hydrogens is 364 g/mol. The second kappa shape index (κ2) is 9.52. The van der Waals surface area contributed by atoms with Crippen molar-refractivity contribution >= 4 is 0 Å². The molecule has 0 aromatic carbocycles. The van der Waals surface area contributed by atoms with Gasteiger partial charge in [-0.15, -0.1) is 0 Å². The van der Waals surface area contributed by atoms with Crippen LogP contribution in [-0.2, 0) is 14.2 Å². The summed E-state index contributed by atoms with van der Waals surface area (Å²) < 4.78 is 18.9. The number of rotatable bonds is 0. The van der Waals surface area contributed by atoms with Gasteiger partial charge in [-0.05, 0) is 69.1 Å². The van der Waals surface area contributed by atoms with E-state index < -0.39 is 0 Å². The lowest BCUT2D eigenvalue weighted by atomic mass is 9.67. The van der Waals surface area contributed by atoms with Gasteiger partial charge in [0.15, 0.2) is 0 Å². The molecule has 4 heterocycles. The third-order valence-corrected chi connectivity index (χ3v) is 8.90. The molecule has 166 valence electrons. The molecule has 4 aliphatic heterocycles. The van der Waals surface area contributed by atoms with Crippen LogP contribution in [0.25, 0.3) is 0 Å². The molecule has 6 fully saturated rings. The van der Waals surface area contributed by atoms with Gasteiger partial charge in [-0.1, -0.05) is 19.3 Å². The highest BCUT2D eigenvalue weighted by Crippen LogP contribution is 2.43. The molecule has 2 aliphatic carbocycles. The highest BCUT2D eigenvalue weighted by molar-refractivity contribution is 5.04. The lowest BCUT2D eigenvalue weighted by Gasteiger charge is -2.52. The number of nitrogens with zero attached hydrogens (tertiary/aromatic N) is 1. The van der Waals surface area contributed by atoms with Gasteiger partial charge >= 0.3 is 0 Å². The Bertz CT molecular complexity index is 511. The smallest absolute Gasteiger partial charge is 0.0994 e. The van der Waals surface area contributed by atoms with E-state index in [1.807, 2.05) is 0 Å². The highest BCUT2D eigenvalue weighted by Gasteiger charge is 2.46. The molecule has 6 aliphatic rings. The maximum atomic E-state index is 6.61. The van der Waals surface area contributed by atoms with E-state index in [1.54, 1.807) is 0 Å². The first kappa shape index (κ1) is 20.7. The third kappa shape index (κ3) is 4.55. The van der Waals surface area contributed by atoms with Crippen molar-refractivity contribution < 1.29 is 14.2 Å². The van der Waals surface area contributed by atoms with E-state index in [-0.39, 0.29) is 5.54 Å². The third-order valence-electron chi connectivity index (χ3n) is 8.90.